The zero-order valence-corrected chi connectivity index (χ0v) is 9.30. The molecule has 0 bridgehead atoms. The summed E-state index contributed by atoms with van der Waals surface area (Å²) in [5.41, 5.74) is 0. The number of rotatable bonds is 1. The molecule has 1 heterocycles. The molecule has 1 fully saturated rings. The van der Waals surface area contributed by atoms with Gasteiger partial charge in [-0.3, -0.25) is 4.79 Å². The van der Waals surface area contributed by atoms with Crippen LogP contribution in [0, 0.1) is 11.8 Å². The van der Waals surface area contributed by atoms with Gasteiger partial charge in [-0.2, -0.15) is 0 Å². The Bertz CT molecular complexity index is 172. The van der Waals surface area contributed by atoms with Crippen molar-refractivity contribution in [2.24, 2.45) is 11.8 Å². The van der Waals surface area contributed by atoms with Gasteiger partial charge in [0.25, 0.3) is 0 Å². The van der Waals surface area contributed by atoms with E-state index in [1.165, 1.54) is 6.42 Å². The second-order valence-electron chi connectivity index (χ2n) is 3.79. The Morgan fingerprint density at radius 1 is 1.58 bits per heavy atom. The number of hydrogen-bond donors (Lipinski definition) is 0. The van der Waals surface area contributed by atoms with Gasteiger partial charge in [0.2, 0.25) is 5.91 Å². The third-order valence-corrected chi connectivity index (χ3v) is 3.33. The van der Waals surface area contributed by atoms with E-state index >= 15 is 0 Å². The smallest absolute Gasteiger partial charge is 0.219 e. The molecule has 2 nitrogen and oxygen atoms in total. The van der Waals surface area contributed by atoms with E-state index in [-0.39, 0.29) is 5.91 Å². The van der Waals surface area contributed by atoms with Gasteiger partial charge in [-0.1, -0.05) is 22.9 Å². The van der Waals surface area contributed by atoms with Gasteiger partial charge < -0.3 is 4.90 Å². The van der Waals surface area contributed by atoms with Crippen molar-refractivity contribution in [3.05, 3.63) is 0 Å². The molecule has 0 aromatic carbocycles. The van der Waals surface area contributed by atoms with Crippen LogP contribution in [-0.4, -0.2) is 29.2 Å². The molecule has 0 radical (unpaired) electrons. The van der Waals surface area contributed by atoms with Crippen LogP contribution in [0.2, 0.25) is 0 Å². The maximum atomic E-state index is 11.1. The quantitative estimate of drug-likeness (QED) is 0.634. The van der Waals surface area contributed by atoms with Gasteiger partial charge >= 0.3 is 0 Å². The van der Waals surface area contributed by atoms with Crippen molar-refractivity contribution in [1.29, 1.82) is 0 Å². The summed E-state index contributed by atoms with van der Waals surface area (Å²) in [5.74, 6) is 1.52. The van der Waals surface area contributed by atoms with E-state index in [4.69, 9.17) is 0 Å². The molecule has 2 atom stereocenters. The number of halogens is 1. The predicted molar refractivity (Wildman–Crippen MR) is 53.3 cm³/mol. The molecule has 0 aromatic heterocycles. The summed E-state index contributed by atoms with van der Waals surface area (Å²) in [7, 11) is 0. The van der Waals surface area contributed by atoms with E-state index in [0.717, 1.165) is 18.4 Å². The minimum absolute atomic E-state index is 0.215. The minimum Gasteiger partial charge on any atom is -0.342 e. The van der Waals surface area contributed by atoms with Gasteiger partial charge in [-0.15, -0.1) is 0 Å². The summed E-state index contributed by atoms with van der Waals surface area (Å²) in [4.78, 5) is 13.1. The second-order valence-corrected chi connectivity index (χ2v) is 4.43. The number of carbonyl (C=O) groups excluding carboxylic acids is 1. The second kappa shape index (κ2) is 4.26. The molecule has 0 N–H and O–H groups in total. The topological polar surface area (TPSA) is 20.3 Å². The SMILES string of the molecule is CC(=O)N1CC(C)CC(CBr)C1. The Labute approximate surface area is 82.4 Å². The lowest BCUT2D eigenvalue weighted by molar-refractivity contribution is -0.131. The number of hydrogen-bond acceptors (Lipinski definition) is 1. The van der Waals surface area contributed by atoms with E-state index in [1.54, 1.807) is 6.92 Å². The number of piperidine rings is 1. The first-order valence-corrected chi connectivity index (χ1v) is 5.57. The van der Waals surface area contributed by atoms with Gasteiger partial charge in [-0.25, -0.2) is 0 Å². The summed E-state index contributed by atoms with van der Waals surface area (Å²) in [5, 5.41) is 1.02. The fourth-order valence-corrected chi connectivity index (χ4v) is 2.32. The fourth-order valence-electron chi connectivity index (χ4n) is 1.85. The molecule has 0 aromatic rings. The molecule has 1 rings (SSSR count). The molecule has 70 valence electrons. The summed E-state index contributed by atoms with van der Waals surface area (Å²) in [6.45, 7) is 5.75. The standard InChI is InChI=1S/C9H16BrNO/c1-7-3-9(4-10)6-11(5-7)8(2)12/h7,9H,3-6H2,1-2H3. The molecule has 0 aliphatic carbocycles. The average molecular weight is 234 g/mol. The number of nitrogens with zero attached hydrogens (tertiary/aromatic N) is 1. The monoisotopic (exact) mass is 233 g/mol. The molecule has 1 aliphatic heterocycles. The largest absolute Gasteiger partial charge is 0.342 e. The number of alkyl halides is 1. The van der Waals surface area contributed by atoms with Crippen LogP contribution < -0.4 is 0 Å². The van der Waals surface area contributed by atoms with Crippen LogP contribution in [0.1, 0.15) is 20.3 Å². The first kappa shape index (κ1) is 10.0. The molecular formula is C9H16BrNO. The summed E-state index contributed by atoms with van der Waals surface area (Å²) < 4.78 is 0. The molecule has 0 spiro atoms. The van der Waals surface area contributed by atoms with Crippen LogP contribution >= 0.6 is 15.9 Å². The third-order valence-electron chi connectivity index (χ3n) is 2.41. The van der Waals surface area contributed by atoms with Crippen LogP contribution in [0.3, 0.4) is 0 Å². The number of carbonyl (C=O) groups is 1. The first-order chi connectivity index (χ1) is 5.63. The van der Waals surface area contributed by atoms with E-state index in [0.29, 0.717) is 11.8 Å². The highest BCUT2D eigenvalue weighted by atomic mass is 79.9. The molecule has 2 unspecified atom stereocenters. The maximum absolute atomic E-state index is 11.1. The number of likely N-dealkylation sites (tertiary alicyclic amines) is 1. The Kier molecular flexibility index (Phi) is 3.56. The lowest BCUT2D eigenvalue weighted by Gasteiger charge is -2.35. The van der Waals surface area contributed by atoms with Gasteiger partial charge in [0.1, 0.15) is 0 Å². The van der Waals surface area contributed by atoms with E-state index < -0.39 is 0 Å². The van der Waals surface area contributed by atoms with Crippen molar-refractivity contribution >= 4 is 21.8 Å². The van der Waals surface area contributed by atoms with Crippen molar-refractivity contribution in [3.63, 3.8) is 0 Å². The molecular weight excluding hydrogens is 218 g/mol. The molecule has 1 amide bonds. The fraction of sp³-hybridized carbons (Fsp3) is 0.889. The van der Waals surface area contributed by atoms with E-state index in [2.05, 4.69) is 22.9 Å². The van der Waals surface area contributed by atoms with Gasteiger partial charge in [0, 0.05) is 25.3 Å². The van der Waals surface area contributed by atoms with Crippen molar-refractivity contribution in [1.82, 2.24) is 4.90 Å². The Morgan fingerprint density at radius 3 is 2.75 bits per heavy atom. The Balaban J connectivity index is 2.51. The highest BCUT2D eigenvalue weighted by Gasteiger charge is 2.24. The molecule has 1 saturated heterocycles. The van der Waals surface area contributed by atoms with Crippen LogP contribution in [0.4, 0.5) is 0 Å². The van der Waals surface area contributed by atoms with Crippen molar-refractivity contribution in [3.8, 4) is 0 Å². The third kappa shape index (κ3) is 2.47. The maximum Gasteiger partial charge on any atom is 0.219 e. The minimum atomic E-state index is 0.215. The van der Waals surface area contributed by atoms with Crippen molar-refractivity contribution in [2.45, 2.75) is 20.3 Å². The molecule has 3 heteroatoms. The van der Waals surface area contributed by atoms with E-state index in [1.807, 2.05) is 4.90 Å². The zero-order chi connectivity index (χ0) is 9.14. The Hall–Kier alpha value is -0.0500. The van der Waals surface area contributed by atoms with Crippen molar-refractivity contribution < 1.29 is 4.79 Å². The normalized spacial score (nSPS) is 30.4. The lowest BCUT2D eigenvalue weighted by Crippen LogP contribution is -2.42. The lowest BCUT2D eigenvalue weighted by atomic mass is 9.92. The Morgan fingerprint density at radius 2 is 2.25 bits per heavy atom. The van der Waals surface area contributed by atoms with Crippen LogP contribution in [0.5, 0.6) is 0 Å². The highest BCUT2D eigenvalue weighted by molar-refractivity contribution is 9.09. The molecule has 12 heavy (non-hydrogen) atoms. The van der Waals surface area contributed by atoms with Crippen LogP contribution in [0.15, 0.2) is 0 Å². The average Bonchev–Trinajstić information content (AvgIpc) is 2.03. The van der Waals surface area contributed by atoms with Crippen LogP contribution in [0.25, 0.3) is 0 Å². The number of amides is 1. The van der Waals surface area contributed by atoms with Gasteiger partial charge in [0.15, 0.2) is 0 Å². The predicted octanol–water partition coefficient (Wildman–Crippen LogP) is 1.89. The molecule has 0 saturated carbocycles. The zero-order valence-electron chi connectivity index (χ0n) is 7.72. The summed E-state index contributed by atoms with van der Waals surface area (Å²) in [6.07, 6.45) is 1.25. The van der Waals surface area contributed by atoms with E-state index in [9.17, 15) is 4.79 Å². The summed E-state index contributed by atoms with van der Waals surface area (Å²) >= 11 is 3.48. The molecule has 1 aliphatic rings. The highest BCUT2D eigenvalue weighted by Crippen LogP contribution is 2.22. The van der Waals surface area contributed by atoms with Gasteiger partial charge in [0.05, 0.1) is 0 Å². The summed E-state index contributed by atoms with van der Waals surface area (Å²) in [6, 6.07) is 0. The first-order valence-electron chi connectivity index (χ1n) is 4.45. The van der Waals surface area contributed by atoms with Crippen molar-refractivity contribution in [2.75, 3.05) is 18.4 Å². The van der Waals surface area contributed by atoms with Gasteiger partial charge in [-0.05, 0) is 18.3 Å². The van der Waals surface area contributed by atoms with Crippen LogP contribution in [-0.2, 0) is 4.79 Å².